The summed E-state index contributed by atoms with van der Waals surface area (Å²) < 4.78 is 26.5. The van der Waals surface area contributed by atoms with Gasteiger partial charge in [-0.2, -0.15) is 0 Å². The van der Waals surface area contributed by atoms with E-state index in [9.17, 15) is 18.0 Å². The molecular formula is C28H39N3O4S. The van der Waals surface area contributed by atoms with Gasteiger partial charge in [-0.1, -0.05) is 74.2 Å². The molecule has 2 amide bonds. The predicted octanol–water partition coefficient (Wildman–Crippen LogP) is 4.06. The summed E-state index contributed by atoms with van der Waals surface area (Å²) in [4.78, 5) is 28.6. The van der Waals surface area contributed by atoms with Gasteiger partial charge in [0.15, 0.2) is 0 Å². The van der Waals surface area contributed by atoms with Gasteiger partial charge in [0, 0.05) is 12.6 Å². The Hall–Kier alpha value is -2.87. The van der Waals surface area contributed by atoms with Gasteiger partial charge in [0.25, 0.3) is 0 Å². The summed E-state index contributed by atoms with van der Waals surface area (Å²) in [5.74, 6) is -0.547. The Labute approximate surface area is 215 Å². The van der Waals surface area contributed by atoms with E-state index in [2.05, 4.69) is 5.32 Å². The first-order valence-corrected chi connectivity index (χ1v) is 14.7. The predicted molar refractivity (Wildman–Crippen MR) is 144 cm³/mol. The van der Waals surface area contributed by atoms with Gasteiger partial charge < -0.3 is 10.2 Å². The fourth-order valence-corrected chi connectivity index (χ4v) is 5.61. The molecule has 0 aromatic heterocycles. The van der Waals surface area contributed by atoms with Crippen LogP contribution in [0, 0.1) is 6.92 Å². The molecule has 0 bridgehead atoms. The first kappa shape index (κ1) is 27.7. The van der Waals surface area contributed by atoms with Gasteiger partial charge in [0.05, 0.1) is 11.9 Å². The number of amides is 2. The van der Waals surface area contributed by atoms with Crippen molar-refractivity contribution >= 4 is 27.5 Å². The fourth-order valence-electron chi connectivity index (χ4n) is 4.76. The zero-order chi connectivity index (χ0) is 26.1. The number of nitrogens with one attached hydrogen (secondary N) is 1. The Morgan fingerprint density at radius 2 is 1.64 bits per heavy atom. The average Bonchev–Trinajstić information content (AvgIpc) is 2.86. The highest BCUT2D eigenvalue weighted by Gasteiger charge is 2.32. The monoisotopic (exact) mass is 513 g/mol. The van der Waals surface area contributed by atoms with E-state index in [1.807, 2.05) is 56.3 Å². The Kier molecular flexibility index (Phi) is 9.93. The third-order valence-corrected chi connectivity index (χ3v) is 7.96. The number of benzene rings is 2. The number of rotatable bonds is 11. The van der Waals surface area contributed by atoms with Crippen LogP contribution in [-0.2, 0) is 26.0 Å². The van der Waals surface area contributed by atoms with E-state index < -0.39 is 16.1 Å². The lowest BCUT2D eigenvalue weighted by molar-refractivity contribution is -0.140. The summed E-state index contributed by atoms with van der Waals surface area (Å²) in [7, 11) is -3.72. The lowest BCUT2D eigenvalue weighted by Gasteiger charge is -2.34. The van der Waals surface area contributed by atoms with E-state index in [1.165, 1.54) is 6.42 Å². The molecule has 3 rings (SSSR count). The molecule has 0 heterocycles. The van der Waals surface area contributed by atoms with E-state index >= 15 is 0 Å². The number of anilines is 1. The lowest BCUT2D eigenvalue weighted by atomic mass is 9.95. The molecule has 2 aromatic rings. The highest BCUT2D eigenvalue weighted by molar-refractivity contribution is 7.92. The number of carbonyl (C=O) groups excluding carboxylic acids is 2. The van der Waals surface area contributed by atoms with E-state index in [0.29, 0.717) is 25.1 Å². The van der Waals surface area contributed by atoms with Crippen LogP contribution in [0.4, 0.5) is 5.69 Å². The molecule has 36 heavy (non-hydrogen) atoms. The Morgan fingerprint density at radius 3 is 2.22 bits per heavy atom. The molecule has 1 atom stereocenters. The summed E-state index contributed by atoms with van der Waals surface area (Å²) in [6, 6.07) is 16.3. The van der Waals surface area contributed by atoms with Crippen LogP contribution in [0.5, 0.6) is 0 Å². The maximum absolute atomic E-state index is 13.7. The van der Waals surface area contributed by atoms with E-state index in [1.54, 1.807) is 17.0 Å². The second-order valence-corrected chi connectivity index (χ2v) is 11.6. The van der Waals surface area contributed by atoms with Crippen molar-refractivity contribution in [3.63, 3.8) is 0 Å². The summed E-state index contributed by atoms with van der Waals surface area (Å²) in [5.41, 5.74) is 2.48. The summed E-state index contributed by atoms with van der Waals surface area (Å²) in [6.45, 7) is 3.78. The molecule has 0 radical (unpaired) electrons. The summed E-state index contributed by atoms with van der Waals surface area (Å²) in [5, 5.41) is 3.16. The van der Waals surface area contributed by atoms with Gasteiger partial charge in [0.2, 0.25) is 21.8 Å². The molecule has 1 aliphatic carbocycles. The zero-order valence-corrected chi connectivity index (χ0v) is 22.5. The van der Waals surface area contributed by atoms with Gasteiger partial charge in [-0.05, 0) is 50.3 Å². The maximum Gasteiger partial charge on any atom is 0.244 e. The van der Waals surface area contributed by atoms with E-state index in [-0.39, 0.29) is 24.4 Å². The highest BCUT2D eigenvalue weighted by atomic mass is 32.2. The van der Waals surface area contributed by atoms with Crippen molar-refractivity contribution in [3.05, 3.63) is 65.7 Å². The van der Waals surface area contributed by atoms with Gasteiger partial charge in [0.1, 0.15) is 12.6 Å². The first-order chi connectivity index (χ1) is 17.2. The van der Waals surface area contributed by atoms with Gasteiger partial charge in [-0.3, -0.25) is 13.9 Å². The fraction of sp³-hybridized carbons (Fsp3) is 0.500. The third-order valence-electron chi connectivity index (χ3n) is 6.82. The van der Waals surface area contributed by atoms with Crippen LogP contribution in [0.15, 0.2) is 54.6 Å². The molecule has 1 N–H and O–H groups in total. The molecular weight excluding hydrogens is 474 g/mol. The largest absolute Gasteiger partial charge is 0.352 e. The van der Waals surface area contributed by atoms with Crippen LogP contribution >= 0.6 is 0 Å². The first-order valence-electron chi connectivity index (χ1n) is 12.9. The Bertz CT molecular complexity index is 1100. The molecule has 196 valence electrons. The number of nitrogens with zero attached hydrogens (tertiary/aromatic N) is 2. The topological polar surface area (TPSA) is 86.8 Å². The SMILES string of the molecule is CCC(C(=O)NC1CCCCC1)N(CCc1ccccc1)C(=O)CN(c1ccc(C)cc1)S(C)(=O)=O. The molecule has 8 heteroatoms. The number of aryl methyl sites for hydroxylation is 1. The van der Waals surface area contributed by atoms with Crippen LogP contribution in [0.1, 0.15) is 56.6 Å². The average molecular weight is 514 g/mol. The van der Waals surface area contributed by atoms with Crippen molar-refractivity contribution in [2.45, 2.75) is 70.9 Å². The van der Waals surface area contributed by atoms with Crippen molar-refractivity contribution in [2.24, 2.45) is 0 Å². The molecule has 1 fully saturated rings. The van der Waals surface area contributed by atoms with Crippen LogP contribution in [0.2, 0.25) is 0 Å². The number of sulfonamides is 1. The Morgan fingerprint density at radius 1 is 1.00 bits per heavy atom. The van der Waals surface area contributed by atoms with Gasteiger partial charge >= 0.3 is 0 Å². The summed E-state index contributed by atoms with van der Waals surface area (Å²) >= 11 is 0. The minimum atomic E-state index is -3.72. The van der Waals surface area contributed by atoms with Crippen molar-refractivity contribution in [1.29, 1.82) is 0 Å². The molecule has 0 aliphatic heterocycles. The Balaban J connectivity index is 1.84. The van der Waals surface area contributed by atoms with Crippen molar-refractivity contribution in [2.75, 3.05) is 23.7 Å². The molecule has 0 spiro atoms. The highest BCUT2D eigenvalue weighted by Crippen LogP contribution is 2.21. The molecule has 2 aromatic carbocycles. The normalized spacial score (nSPS) is 15.2. The van der Waals surface area contributed by atoms with Crippen molar-refractivity contribution < 1.29 is 18.0 Å². The van der Waals surface area contributed by atoms with Crippen molar-refractivity contribution in [3.8, 4) is 0 Å². The summed E-state index contributed by atoms with van der Waals surface area (Å²) in [6.07, 6.45) is 7.40. The molecule has 1 unspecified atom stereocenters. The van der Waals surface area contributed by atoms with Gasteiger partial charge in [-0.25, -0.2) is 8.42 Å². The standard InChI is InChI=1S/C28H39N3O4S/c1-4-26(28(33)29-24-13-9-6-10-14-24)30(20-19-23-11-7-5-8-12-23)27(32)21-31(36(3,34)35)25-17-15-22(2)16-18-25/h5,7-8,11-12,15-18,24,26H,4,6,9-10,13-14,19-21H2,1-3H3,(H,29,33). The van der Waals surface area contributed by atoms with Crippen molar-refractivity contribution in [1.82, 2.24) is 10.2 Å². The molecule has 1 saturated carbocycles. The molecule has 7 nitrogen and oxygen atoms in total. The minimum Gasteiger partial charge on any atom is -0.352 e. The number of hydrogen-bond acceptors (Lipinski definition) is 4. The quantitative estimate of drug-likeness (QED) is 0.491. The minimum absolute atomic E-state index is 0.131. The van der Waals surface area contributed by atoms with Crippen LogP contribution in [-0.4, -0.2) is 56.6 Å². The van der Waals surface area contributed by atoms with E-state index in [0.717, 1.165) is 47.4 Å². The second kappa shape index (κ2) is 12.9. The molecule has 1 aliphatic rings. The third kappa shape index (κ3) is 7.82. The van der Waals surface area contributed by atoms with Crippen LogP contribution in [0.25, 0.3) is 0 Å². The van der Waals surface area contributed by atoms with Gasteiger partial charge in [-0.15, -0.1) is 0 Å². The molecule has 0 saturated heterocycles. The second-order valence-electron chi connectivity index (χ2n) is 9.70. The lowest BCUT2D eigenvalue weighted by Crippen LogP contribution is -2.54. The van der Waals surface area contributed by atoms with E-state index in [4.69, 9.17) is 0 Å². The number of hydrogen-bond donors (Lipinski definition) is 1. The number of carbonyl (C=O) groups is 2. The zero-order valence-electron chi connectivity index (χ0n) is 21.7. The smallest absolute Gasteiger partial charge is 0.244 e. The van der Waals surface area contributed by atoms with Crippen LogP contribution < -0.4 is 9.62 Å². The maximum atomic E-state index is 13.7. The van der Waals surface area contributed by atoms with Crippen LogP contribution in [0.3, 0.4) is 0 Å².